The highest BCUT2D eigenvalue weighted by Gasteiger charge is 2.12. The van der Waals surface area contributed by atoms with Gasteiger partial charge in [-0.05, 0) is 19.4 Å². The lowest BCUT2D eigenvalue weighted by molar-refractivity contribution is 0.611. The summed E-state index contributed by atoms with van der Waals surface area (Å²) in [5, 5.41) is 10.6. The maximum Gasteiger partial charge on any atom is 0.184 e. The number of hydrogen-bond donors (Lipinski definition) is 2. The van der Waals surface area contributed by atoms with Gasteiger partial charge in [-0.15, -0.1) is 0 Å². The zero-order chi connectivity index (χ0) is 14.1. The third-order valence-electron chi connectivity index (χ3n) is 3.28. The number of aromatic amines is 1. The first-order valence-electron chi connectivity index (χ1n) is 6.64. The molecule has 3 aromatic rings. The highest BCUT2D eigenvalue weighted by atomic mass is 15.3. The maximum atomic E-state index is 5.67. The third kappa shape index (κ3) is 2.29. The van der Waals surface area contributed by atoms with Crippen LogP contribution in [0, 0.1) is 0 Å². The smallest absolute Gasteiger partial charge is 0.184 e. The third-order valence-corrected chi connectivity index (χ3v) is 3.28. The van der Waals surface area contributed by atoms with Crippen LogP contribution in [0.15, 0.2) is 30.6 Å². The van der Waals surface area contributed by atoms with Gasteiger partial charge < -0.3 is 9.88 Å². The molecule has 100 valence electrons. The molecule has 0 unspecified atom stereocenters. The van der Waals surface area contributed by atoms with Gasteiger partial charge in [-0.25, -0.2) is 4.98 Å². The highest BCUT2D eigenvalue weighted by molar-refractivity contribution is 6.32. The Balaban J connectivity index is 1.79. The number of rotatable bonds is 4. The first kappa shape index (κ1) is 12.8. The van der Waals surface area contributed by atoms with Crippen LogP contribution < -0.4 is 10.8 Å². The van der Waals surface area contributed by atoms with Gasteiger partial charge >= 0.3 is 0 Å². The second-order valence-corrected chi connectivity index (χ2v) is 5.11. The Morgan fingerprint density at radius 2 is 2.05 bits per heavy atom. The molecule has 20 heavy (non-hydrogen) atoms. The number of nitrogens with zero attached hydrogens (tertiary/aromatic N) is 3. The molecule has 1 aromatic carbocycles. The number of H-pyrrole nitrogens is 1. The van der Waals surface area contributed by atoms with Crippen molar-refractivity contribution < 1.29 is 0 Å². The Morgan fingerprint density at radius 3 is 2.75 bits per heavy atom. The number of aromatic nitrogens is 4. The Bertz CT molecular complexity index is 711. The Morgan fingerprint density at radius 1 is 1.30 bits per heavy atom. The normalized spacial score (nSPS) is 11.3. The number of anilines is 1. The van der Waals surface area contributed by atoms with Crippen LogP contribution in [0.2, 0.25) is 0 Å². The van der Waals surface area contributed by atoms with Crippen molar-refractivity contribution in [3.63, 3.8) is 0 Å². The first-order valence-corrected chi connectivity index (χ1v) is 6.64. The SMILES string of the molecule is [B]c1ccc(CNc2[nH]nc3c2ncn3C(C)C)cc1. The lowest BCUT2D eigenvalue weighted by atomic mass is 9.95. The second kappa shape index (κ2) is 5.04. The molecule has 0 amide bonds. The molecule has 6 heteroatoms. The first-order chi connectivity index (χ1) is 9.65. The van der Waals surface area contributed by atoms with Crippen molar-refractivity contribution in [2.45, 2.75) is 26.4 Å². The van der Waals surface area contributed by atoms with E-state index in [-0.39, 0.29) is 0 Å². The van der Waals surface area contributed by atoms with Crippen molar-refractivity contribution >= 4 is 30.3 Å². The molecule has 2 aromatic heterocycles. The summed E-state index contributed by atoms with van der Waals surface area (Å²) in [5.74, 6) is 0.844. The number of benzene rings is 1. The molecule has 2 heterocycles. The fraction of sp³-hybridized carbons (Fsp3) is 0.286. The van der Waals surface area contributed by atoms with Crippen LogP contribution in [0.5, 0.6) is 0 Å². The Kier molecular flexibility index (Phi) is 3.22. The fourth-order valence-corrected chi connectivity index (χ4v) is 2.13. The molecule has 2 N–H and O–H groups in total. The van der Waals surface area contributed by atoms with Crippen LogP contribution in [0.1, 0.15) is 25.5 Å². The second-order valence-electron chi connectivity index (χ2n) is 5.11. The highest BCUT2D eigenvalue weighted by Crippen LogP contribution is 2.21. The largest absolute Gasteiger partial charge is 0.365 e. The van der Waals surface area contributed by atoms with E-state index in [2.05, 4.69) is 34.3 Å². The van der Waals surface area contributed by atoms with Crippen molar-refractivity contribution in [1.29, 1.82) is 0 Å². The molecule has 3 rings (SSSR count). The summed E-state index contributed by atoms with van der Waals surface area (Å²) >= 11 is 0. The maximum absolute atomic E-state index is 5.67. The van der Waals surface area contributed by atoms with E-state index in [0.717, 1.165) is 28.0 Å². The van der Waals surface area contributed by atoms with Crippen molar-refractivity contribution in [3.8, 4) is 0 Å². The molecule has 0 saturated carbocycles. The van der Waals surface area contributed by atoms with Gasteiger partial charge in [0.2, 0.25) is 0 Å². The monoisotopic (exact) mass is 265 g/mol. The average molecular weight is 265 g/mol. The number of nitrogens with one attached hydrogen (secondary N) is 2. The van der Waals surface area contributed by atoms with Gasteiger partial charge in [-0.3, -0.25) is 5.10 Å². The molecule has 0 bridgehead atoms. The van der Waals surface area contributed by atoms with Crippen LogP contribution in [-0.2, 0) is 6.54 Å². The molecule has 2 radical (unpaired) electrons. The van der Waals surface area contributed by atoms with E-state index in [0.29, 0.717) is 12.6 Å². The summed E-state index contributed by atoms with van der Waals surface area (Å²) in [5.41, 5.74) is 3.67. The molecule has 0 saturated heterocycles. The van der Waals surface area contributed by atoms with Crippen molar-refractivity contribution in [3.05, 3.63) is 36.2 Å². The van der Waals surface area contributed by atoms with E-state index in [1.54, 1.807) is 0 Å². The lowest BCUT2D eigenvalue weighted by Crippen LogP contribution is -2.04. The lowest BCUT2D eigenvalue weighted by Gasteiger charge is -2.04. The standard InChI is InChI=1S/C14H16BN5/c1-9(2)20-8-17-12-13(18-19-14(12)20)16-7-10-3-5-11(15)6-4-10/h3-6,8-9H,7H2,1-2H3,(H2,16,18,19). The molecule has 0 spiro atoms. The minimum atomic E-state index is 0.341. The molecule has 0 aliphatic carbocycles. The van der Waals surface area contributed by atoms with Crippen LogP contribution >= 0.6 is 0 Å². The topological polar surface area (TPSA) is 58.5 Å². The predicted molar refractivity (Wildman–Crippen MR) is 81.4 cm³/mol. The molecular formula is C14H16BN5. The van der Waals surface area contributed by atoms with Gasteiger partial charge in [0.1, 0.15) is 7.85 Å². The van der Waals surface area contributed by atoms with E-state index in [9.17, 15) is 0 Å². The zero-order valence-corrected chi connectivity index (χ0v) is 11.6. The van der Waals surface area contributed by atoms with Crippen molar-refractivity contribution in [1.82, 2.24) is 19.7 Å². The molecule has 0 atom stereocenters. The molecule has 0 fully saturated rings. The van der Waals surface area contributed by atoms with Gasteiger partial charge in [0.25, 0.3) is 0 Å². The molecule has 5 nitrogen and oxygen atoms in total. The summed E-state index contributed by atoms with van der Waals surface area (Å²) < 4.78 is 2.04. The molecule has 0 aliphatic rings. The van der Waals surface area contributed by atoms with E-state index < -0.39 is 0 Å². The van der Waals surface area contributed by atoms with Crippen LogP contribution in [0.3, 0.4) is 0 Å². The Hall–Kier alpha value is -2.24. The van der Waals surface area contributed by atoms with Gasteiger partial charge in [-0.1, -0.05) is 29.7 Å². The van der Waals surface area contributed by atoms with Gasteiger partial charge in [-0.2, -0.15) is 5.10 Å². The van der Waals surface area contributed by atoms with Crippen molar-refractivity contribution in [2.75, 3.05) is 5.32 Å². The number of imidazole rings is 1. The van der Waals surface area contributed by atoms with E-state index in [1.165, 1.54) is 0 Å². The summed E-state index contributed by atoms with van der Waals surface area (Å²) in [6, 6.07) is 8.14. The molecular weight excluding hydrogens is 249 g/mol. The summed E-state index contributed by atoms with van der Waals surface area (Å²) in [6.45, 7) is 4.92. The van der Waals surface area contributed by atoms with Crippen LogP contribution in [0.4, 0.5) is 5.82 Å². The molecule has 0 aliphatic heterocycles. The van der Waals surface area contributed by atoms with Crippen LogP contribution in [-0.4, -0.2) is 27.6 Å². The van der Waals surface area contributed by atoms with E-state index >= 15 is 0 Å². The predicted octanol–water partition coefficient (Wildman–Crippen LogP) is 1.75. The number of hydrogen-bond acceptors (Lipinski definition) is 3. The quantitative estimate of drug-likeness (QED) is 0.706. The number of fused-ring (bicyclic) bond motifs is 1. The fourth-order valence-electron chi connectivity index (χ4n) is 2.13. The zero-order valence-electron chi connectivity index (χ0n) is 11.6. The summed E-state index contributed by atoms with van der Waals surface area (Å²) in [7, 11) is 5.67. The Labute approximate surface area is 118 Å². The summed E-state index contributed by atoms with van der Waals surface area (Å²) in [4.78, 5) is 4.41. The van der Waals surface area contributed by atoms with Crippen LogP contribution in [0.25, 0.3) is 11.2 Å². The van der Waals surface area contributed by atoms with Gasteiger partial charge in [0.05, 0.1) is 6.33 Å². The van der Waals surface area contributed by atoms with Gasteiger partial charge in [0.15, 0.2) is 17.0 Å². The van der Waals surface area contributed by atoms with Crippen molar-refractivity contribution in [2.24, 2.45) is 0 Å². The summed E-state index contributed by atoms with van der Waals surface area (Å²) in [6.07, 6.45) is 1.82. The minimum Gasteiger partial charge on any atom is -0.365 e. The van der Waals surface area contributed by atoms with E-state index in [1.807, 2.05) is 35.2 Å². The van der Waals surface area contributed by atoms with Gasteiger partial charge in [0, 0.05) is 12.6 Å². The van der Waals surface area contributed by atoms with E-state index in [4.69, 9.17) is 7.85 Å². The average Bonchev–Trinajstić information content (AvgIpc) is 2.99. The minimum absolute atomic E-state index is 0.341.